The minimum Gasteiger partial charge on any atom is -0.479 e. The van der Waals surface area contributed by atoms with Crippen molar-refractivity contribution in [3.05, 3.63) is 29.3 Å². The highest BCUT2D eigenvalue weighted by Crippen LogP contribution is 2.25. The zero-order chi connectivity index (χ0) is 15.2. The molecule has 1 aromatic carbocycles. The van der Waals surface area contributed by atoms with Crippen molar-refractivity contribution in [2.24, 2.45) is 5.92 Å². The number of ether oxygens (including phenoxy) is 1. The SMILES string of the molecule is CCC(Oc1ccccc1Cl)C(=O)NC1CCNCC1C.Cl. The highest BCUT2D eigenvalue weighted by atomic mass is 35.5. The van der Waals surface area contributed by atoms with Gasteiger partial charge < -0.3 is 15.4 Å². The van der Waals surface area contributed by atoms with E-state index in [0.717, 1.165) is 19.5 Å². The number of piperidine rings is 1. The summed E-state index contributed by atoms with van der Waals surface area (Å²) in [6, 6.07) is 7.44. The van der Waals surface area contributed by atoms with Crippen molar-refractivity contribution >= 4 is 29.9 Å². The van der Waals surface area contributed by atoms with Crippen LogP contribution in [0, 0.1) is 5.92 Å². The number of halogens is 2. The van der Waals surface area contributed by atoms with Crippen molar-refractivity contribution in [3.8, 4) is 5.75 Å². The molecule has 2 rings (SSSR count). The molecule has 2 N–H and O–H groups in total. The first-order chi connectivity index (χ1) is 10.1. The number of nitrogens with one attached hydrogen (secondary N) is 2. The highest BCUT2D eigenvalue weighted by molar-refractivity contribution is 6.32. The van der Waals surface area contributed by atoms with Gasteiger partial charge in [0.05, 0.1) is 5.02 Å². The van der Waals surface area contributed by atoms with Gasteiger partial charge in [-0.15, -0.1) is 12.4 Å². The fourth-order valence-electron chi connectivity index (χ4n) is 2.52. The van der Waals surface area contributed by atoms with Crippen LogP contribution in [-0.4, -0.2) is 31.1 Å². The lowest BCUT2D eigenvalue weighted by Crippen LogP contribution is -2.51. The summed E-state index contributed by atoms with van der Waals surface area (Å²) in [5.74, 6) is 0.927. The Morgan fingerprint density at radius 3 is 2.86 bits per heavy atom. The Labute approximate surface area is 143 Å². The van der Waals surface area contributed by atoms with Gasteiger partial charge in [0.15, 0.2) is 6.10 Å². The lowest BCUT2D eigenvalue weighted by molar-refractivity contribution is -0.129. The van der Waals surface area contributed by atoms with Gasteiger partial charge in [-0.05, 0) is 44.0 Å². The maximum absolute atomic E-state index is 12.4. The van der Waals surface area contributed by atoms with Gasteiger partial charge in [-0.1, -0.05) is 37.6 Å². The molecule has 1 aromatic rings. The molecule has 0 saturated carbocycles. The molecule has 0 spiro atoms. The third-order valence-electron chi connectivity index (χ3n) is 3.88. The fraction of sp³-hybridized carbons (Fsp3) is 0.562. The Morgan fingerprint density at radius 2 is 2.23 bits per heavy atom. The molecule has 1 heterocycles. The minimum atomic E-state index is -0.507. The number of amides is 1. The molecule has 22 heavy (non-hydrogen) atoms. The van der Waals surface area contributed by atoms with Crippen molar-refractivity contribution < 1.29 is 9.53 Å². The second-order valence-corrected chi connectivity index (χ2v) is 5.94. The summed E-state index contributed by atoms with van der Waals surface area (Å²) in [4.78, 5) is 12.4. The second-order valence-electron chi connectivity index (χ2n) is 5.53. The summed E-state index contributed by atoms with van der Waals surface area (Å²) in [5.41, 5.74) is 0. The van der Waals surface area contributed by atoms with Gasteiger partial charge in [0.2, 0.25) is 0 Å². The normalized spacial score (nSPS) is 22.3. The van der Waals surface area contributed by atoms with Gasteiger partial charge in [0.25, 0.3) is 5.91 Å². The molecule has 6 heteroatoms. The summed E-state index contributed by atoms with van der Waals surface area (Å²) in [6.07, 6.45) is 1.05. The maximum Gasteiger partial charge on any atom is 0.261 e. The van der Waals surface area contributed by atoms with Crippen molar-refractivity contribution in [1.29, 1.82) is 0 Å². The third kappa shape index (κ3) is 5.04. The van der Waals surface area contributed by atoms with E-state index in [-0.39, 0.29) is 24.4 Å². The van der Waals surface area contributed by atoms with Gasteiger partial charge in [-0.2, -0.15) is 0 Å². The lowest BCUT2D eigenvalue weighted by atomic mass is 9.95. The summed E-state index contributed by atoms with van der Waals surface area (Å²) >= 11 is 6.08. The standard InChI is InChI=1S/C16H23ClN2O2.ClH/c1-3-14(21-15-7-5-4-6-12(15)17)16(20)19-13-8-9-18-10-11(13)2;/h4-7,11,13-14,18H,3,8-10H2,1-2H3,(H,19,20);1H. The molecule has 0 bridgehead atoms. The molecule has 0 aromatic heterocycles. The molecule has 0 aliphatic carbocycles. The Kier molecular flexibility index (Phi) is 8.01. The topological polar surface area (TPSA) is 50.4 Å². The van der Waals surface area contributed by atoms with Crippen LogP contribution >= 0.6 is 24.0 Å². The van der Waals surface area contributed by atoms with E-state index in [9.17, 15) is 4.79 Å². The van der Waals surface area contributed by atoms with Crippen LogP contribution in [0.5, 0.6) is 5.75 Å². The second kappa shape index (κ2) is 9.23. The van der Waals surface area contributed by atoms with Gasteiger partial charge in [0.1, 0.15) is 5.75 Å². The predicted molar refractivity (Wildman–Crippen MR) is 92.0 cm³/mol. The quantitative estimate of drug-likeness (QED) is 0.861. The van der Waals surface area contributed by atoms with Crippen LogP contribution in [0.15, 0.2) is 24.3 Å². The average Bonchev–Trinajstić information content (AvgIpc) is 2.48. The van der Waals surface area contributed by atoms with E-state index in [1.165, 1.54) is 0 Å². The summed E-state index contributed by atoms with van der Waals surface area (Å²) in [5, 5.41) is 6.97. The average molecular weight is 347 g/mol. The number of carbonyl (C=O) groups excluding carboxylic acids is 1. The molecule has 1 aliphatic rings. The van der Waals surface area contributed by atoms with Gasteiger partial charge in [-0.3, -0.25) is 4.79 Å². The molecule has 3 unspecified atom stereocenters. The van der Waals surface area contributed by atoms with Crippen molar-refractivity contribution in [1.82, 2.24) is 10.6 Å². The molecule has 1 aliphatic heterocycles. The Morgan fingerprint density at radius 1 is 1.50 bits per heavy atom. The van der Waals surface area contributed by atoms with Crippen LogP contribution in [0.2, 0.25) is 5.02 Å². The highest BCUT2D eigenvalue weighted by Gasteiger charge is 2.26. The Hall–Kier alpha value is -0.970. The number of hydrogen-bond acceptors (Lipinski definition) is 3. The number of carbonyl (C=O) groups is 1. The summed E-state index contributed by atoms with van der Waals surface area (Å²) in [7, 11) is 0. The van der Waals surface area contributed by atoms with Gasteiger partial charge in [-0.25, -0.2) is 0 Å². The van der Waals surface area contributed by atoms with Crippen LogP contribution in [0.3, 0.4) is 0 Å². The van der Waals surface area contributed by atoms with Crippen LogP contribution in [0.4, 0.5) is 0 Å². The Balaban J connectivity index is 0.00000242. The molecule has 1 amide bonds. The molecule has 124 valence electrons. The van der Waals surface area contributed by atoms with E-state index < -0.39 is 6.10 Å². The number of benzene rings is 1. The lowest BCUT2D eigenvalue weighted by Gasteiger charge is -2.31. The number of hydrogen-bond donors (Lipinski definition) is 2. The van der Waals surface area contributed by atoms with E-state index in [1.807, 2.05) is 19.1 Å². The van der Waals surface area contributed by atoms with Crippen LogP contribution in [0.25, 0.3) is 0 Å². The van der Waals surface area contributed by atoms with Crippen molar-refractivity contribution in [2.75, 3.05) is 13.1 Å². The zero-order valence-corrected chi connectivity index (χ0v) is 14.5. The van der Waals surface area contributed by atoms with Crippen LogP contribution in [-0.2, 0) is 4.79 Å². The molecule has 3 atom stereocenters. The van der Waals surface area contributed by atoms with E-state index in [1.54, 1.807) is 12.1 Å². The molecule has 0 radical (unpaired) electrons. The predicted octanol–water partition coefficient (Wildman–Crippen LogP) is 3.03. The summed E-state index contributed by atoms with van der Waals surface area (Å²) in [6.45, 7) is 5.96. The first kappa shape index (κ1) is 19.1. The van der Waals surface area contributed by atoms with Gasteiger partial charge in [0, 0.05) is 6.04 Å². The minimum absolute atomic E-state index is 0. The van der Waals surface area contributed by atoms with E-state index >= 15 is 0 Å². The zero-order valence-electron chi connectivity index (χ0n) is 13.0. The monoisotopic (exact) mass is 346 g/mol. The smallest absolute Gasteiger partial charge is 0.261 e. The number of para-hydroxylation sites is 1. The molecular weight excluding hydrogens is 323 g/mol. The molecular formula is C16H24Cl2N2O2. The van der Waals surface area contributed by atoms with E-state index in [2.05, 4.69) is 17.6 Å². The van der Waals surface area contributed by atoms with Gasteiger partial charge >= 0.3 is 0 Å². The third-order valence-corrected chi connectivity index (χ3v) is 4.19. The van der Waals surface area contributed by atoms with E-state index in [0.29, 0.717) is 23.1 Å². The number of rotatable bonds is 5. The molecule has 4 nitrogen and oxygen atoms in total. The largest absolute Gasteiger partial charge is 0.479 e. The fourth-order valence-corrected chi connectivity index (χ4v) is 2.70. The maximum atomic E-state index is 12.4. The van der Waals surface area contributed by atoms with Crippen LogP contribution in [0.1, 0.15) is 26.7 Å². The molecule has 1 fully saturated rings. The molecule has 1 saturated heterocycles. The first-order valence-corrected chi connectivity index (χ1v) is 7.92. The Bertz CT molecular complexity index is 485. The van der Waals surface area contributed by atoms with Crippen molar-refractivity contribution in [2.45, 2.75) is 38.8 Å². The first-order valence-electron chi connectivity index (χ1n) is 7.54. The van der Waals surface area contributed by atoms with Crippen LogP contribution < -0.4 is 15.4 Å². The van der Waals surface area contributed by atoms with Crippen molar-refractivity contribution in [3.63, 3.8) is 0 Å². The van der Waals surface area contributed by atoms with E-state index in [4.69, 9.17) is 16.3 Å². The summed E-state index contributed by atoms with van der Waals surface area (Å²) < 4.78 is 5.77.